The predicted molar refractivity (Wildman–Crippen MR) is 332 cm³/mol. The van der Waals surface area contributed by atoms with Crippen molar-refractivity contribution in [3.05, 3.63) is 100 Å². The molecule has 28 heteroatoms. The molecule has 1 aliphatic carbocycles. The van der Waals surface area contributed by atoms with E-state index in [9.17, 15) is 53.1 Å². The van der Waals surface area contributed by atoms with Crippen molar-refractivity contribution in [1.82, 2.24) is 35.6 Å². The average Bonchev–Trinajstić information content (AvgIpc) is 1.56. The van der Waals surface area contributed by atoms with E-state index in [1.165, 1.54) is 82.2 Å². The second-order valence-electron chi connectivity index (χ2n) is 23.6. The third-order valence-electron chi connectivity index (χ3n) is 16.9. The number of hydrogen-bond acceptors (Lipinski definition) is 19. The number of ether oxygens (including phenoxy) is 8. The molecule has 9 amide bonds. The van der Waals surface area contributed by atoms with Crippen LogP contribution >= 0.6 is 11.6 Å². The number of carbonyl (C=O) groups is 10. The van der Waals surface area contributed by atoms with Gasteiger partial charge in [0.25, 0.3) is 17.7 Å². The molecule has 2 fully saturated rings. The number of carbonyl (C=O) groups excluding carboxylic acids is 10. The number of fused-ring (bicyclic) bond motifs is 5. The number of epoxide rings is 1. The number of rotatable bonds is 19. The van der Waals surface area contributed by atoms with Crippen molar-refractivity contribution in [3.63, 3.8) is 0 Å². The minimum absolute atomic E-state index is 0.0308. The maximum atomic E-state index is 14.4. The number of aliphatic hydroxyl groups is 1. The zero-order chi connectivity index (χ0) is 67.2. The molecule has 0 saturated carbocycles. The van der Waals surface area contributed by atoms with Gasteiger partial charge < -0.3 is 73.2 Å². The summed E-state index contributed by atoms with van der Waals surface area (Å²) in [5.41, 5.74) is -1.09. The van der Waals surface area contributed by atoms with E-state index in [0.717, 1.165) is 58.8 Å². The lowest BCUT2D eigenvalue weighted by molar-refractivity contribution is -0.162. The normalized spacial score (nSPS) is 25.5. The standard InChI is InChI=1S/C64H83ClN8O19/c1-38-17-16-20-49(86-10)64(84)36-48(90-60(81)68-64)39(2)56-63(4,92-56)50(35-54(77)72(8)45-33-42(31-38)34-47(85-9)55(45)65)91-58(79)40(3)71(7)51(74)25-30-87-61(82)69(5)28-29-70(6)62(83)88-37-41-21-22-46(89-59(80)67-43-18-14-12-11-13-15-19-43)44(32-41)57(78)66-26-27-73-52(75)23-24-53(73)76/h12,14,16-17,20-24,32-34,39-40,43,48-50,56,84H,11,13,15,18-19,25-31,35-37H2,1-10H3,(H,66,78)(H,67,80)(H,68,81)/b14-12+,20-16+,38-17+/t39-,40+,43?,48+,49-,50+,56+,63+,64+/m1/s1. The fourth-order valence-electron chi connectivity index (χ4n) is 11.0. The van der Waals surface area contributed by atoms with Crippen molar-refractivity contribution in [1.29, 1.82) is 0 Å². The van der Waals surface area contributed by atoms with Gasteiger partial charge in [0.05, 0.1) is 37.3 Å². The number of allylic oxidation sites excluding steroid dienone is 4. The van der Waals surface area contributed by atoms with Crippen LogP contribution in [0.15, 0.2) is 78.4 Å². The van der Waals surface area contributed by atoms with Crippen LogP contribution < -0.4 is 30.3 Å². The third kappa shape index (κ3) is 18.2. The highest BCUT2D eigenvalue weighted by atomic mass is 35.5. The van der Waals surface area contributed by atoms with E-state index < -0.39 is 121 Å². The molecule has 1 unspecified atom stereocenters. The SMILES string of the molecule is COc1cc2cc(c1Cl)N(C)C(=O)C[C@H](OC(=O)[C@H](C)N(C)C(=O)CCOC(=O)N(C)CCN(C)C(=O)OCc1ccc(OC(=O)NC3C/C=C/CCCC3)c(C(=O)NCCN3C(=O)C=CC3=O)c1)[C@]1(C)O[C@H]1[C@H](C)[C@@H]1C[C@@](O)(NC(=O)O1)[C@H](OC)/C=C/C=C(\C)C2. The van der Waals surface area contributed by atoms with Crippen molar-refractivity contribution in [2.24, 2.45) is 5.92 Å². The molecule has 4 aliphatic heterocycles. The monoisotopic (exact) mass is 1300 g/mol. The first-order valence-corrected chi connectivity index (χ1v) is 30.7. The van der Waals surface area contributed by atoms with Gasteiger partial charge in [-0.1, -0.05) is 67.0 Å². The molecule has 0 radical (unpaired) electrons. The molecule has 500 valence electrons. The summed E-state index contributed by atoms with van der Waals surface area (Å²) in [5, 5.41) is 20.0. The van der Waals surface area contributed by atoms with Crippen molar-refractivity contribution in [2.45, 2.75) is 140 Å². The number of methoxy groups -OCH3 is 2. The van der Waals surface area contributed by atoms with Crippen LogP contribution in [0, 0.1) is 5.92 Å². The molecule has 0 spiro atoms. The first-order chi connectivity index (χ1) is 43.7. The lowest BCUT2D eigenvalue weighted by atomic mass is 9.83. The number of benzene rings is 2. The minimum Gasteiger partial charge on any atom is -0.495 e. The summed E-state index contributed by atoms with van der Waals surface area (Å²) in [5.74, 6) is -4.20. The second-order valence-corrected chi connectivity index (χ2v) is 24.0. The van der Waals surface area contributed by atoms with Gasteiger partial charge in [0.2, 0.25) is 11.8 Å². The smallest absolute Gasteiger partial charge is 0.412 e. The lowest BCUT2D eigenvalue weighted by Crippen LogP contribution is -2.63. The van der Waals surface area contributed by atoms with Crippen molar-refractivity contribution in [2.75, 3.05) is 80.1 Å². The lowest BCUT2D eigenvalue weighted by Gasteiger charge is -2.42. The maximum Gasteiger partial charge on any atom is 0.412 e. The molecule has 27 nitrogen and oxygen atoms in total. The Balaban J connectivity index is 0.927. The van der Waals surface area contributed by atoms with Gasteiger partial charge in [-0.25, -0.2) is 24.0 Å². The highest BCUT2D eigenvalue weighted by Gasteiger charge is 2.64. The van der Waals surface area contributed by atoms with E-state index in [4.69, 9.17) is 49.5 Å². The number of amides is 9. The van der Waals surface area contributed by atoms with Gasteiger partial charge in [-0.2, -0.15) is 0 Å². The predicted octanol–water partition coefficient (Wildman–Crippen LogP) is 5.87. The van der Waals surface area contributed by atoms with Gasteiger partial charge in [-0.15, -0.1) is 0 Å². The van der Waals surface area contributed by atoms with Crippen LogP contribution in [0.2, 0.25) is 5.02 Å². The fourth-order valence-corrected chi connectivity index (χ4v) is 11.3. The van der Waals surface area contributed by atoms with E-state index >= 15 is 0 Å². The van der Waals surface area contributed by atoms with Crippen LogP contribution in [0.4, 0.5) is 24.9 Å². The average molecular weight is 1300 g/mol. The number of imide groups is 1. The Morgan fingerprint density at radius 3 is 2.35 bits per heavy atom. The van der Waals surface area contributed by atoms with E-state index in [0.29, 0.717) is 29.8 Å². The molecule has 2 aromatic carbocycles. The van der Waals surface area contributed by atoms with Gasteiger partial charge in [0, 0.05) is 92.0 Å². The summed E-state index contributed by atoms with van der Waals surface area (Å²) >= 11 is 6.83. The van der Waals surface area contributed by atoms with Gasteiger partial charge >= 0.3 is 30.3 Å². The van der Waals surface area contributed by atoms with E-state index in [1.807, 2.05) is 19.1 Å². The highest BCUT2D eigenvalue weighted by molar-refractivity contribution is 6.35. The Hall–Kier alpha value is -8.53. The Morgan fingerprint density at radius 2 is 1.65 bits per heavy atom. The maximum absolute atomic E-state index is 14.4. The molecular formula is C64H83ClN8O19. The Kier molecular flexibility index (Phi) is 24.4. The summed E-state index contributed by atoms with van der Waals surface area (Å²) in [7, 11) is 8.58. The Labute approximate surface area is 539 Å². The molecule has 92 heavy (non-hydrogen) atoms. The highest BCUT2D eigenvalue weighted by Crippen LogP contribution is 2.49. The molecule has 4 heterocycles. The molecule has 0 aromatic heterocycles. The molecule has 7 rings (SSSR count). The van der Waals surface area contributed by atoms with Gasteiger partial charge in [0.15, 0.2) is 5.72 Å². The number of nitrogens with one attached hydrogen (secondary N) is 3. The molecule has 5 aliphatic rings. The molecule has 4 bridgehead atoms. The van der Waals surface area contributed by atoms with Crippen molar-refractivity contribution in [3.8, 4) is 11.5 Å². The number of anilines is 1. The summed E-state index contributed by atoms with van der Waals surface area (Å²) < 4.78 is 45.9. The quantitative estimate of drug-likeness (QED) is 0.0420. The number of nitrogens with zero attached hydrogens (tertiary/aromatic N) is 5. The first-order valence-electron chi connectivity index (χ1n) is 30.3. The van der Waals surface area contributed by atoms with Gasteiger partial charge in [0.1, 0.15) is 59.7 Å². The van der Waals surface area contributed by atoms with Gasteiger partial charge in [-0.05, 0) is 88.3 Å². The first kappa shape index (κ1) is 70.9. The molecule has 9 atom stereocenters. The number of esters is 1. The Morgan fingerprint density at radius 1 is 0.946 bits per heavy atom. The third-order valence-corrected chi connectivity index (χ3v) is 17.3. The minimum atomic E-state index is -1.91. The summed E-state index contributed by atoms with van der Waals surface area (Å²) in [6, 6.07) is 6.34. The van der Waals surface area contributed by atoms with Crippen LogP contribution in [0.3, 0.4) is 0 Å². The van der Waals surface area contributed by atoms with E-state index in [-0.39, 0.29) is 68.0 Å². The summed E-state index contributed by atoms with van der Waals surface area (Å²) in [6.07, 6.45) is 7.79. The molecular weight excluding hydrogens is 1220 g/mol. The topological polar surface area (TPSA) is 320 Å². The fraction of sp³-hybridized carbons (Fsp3) is 0.531. The summed E-state index contributed by atoms with van der Waals surface area (Å²) in [4.78, 5) is 138. The number of alkyl carbamates (subject to hydrolysis) is 1. The number of hydrogen-bond donors (Lipinski definition) is 4. The molecule has 2 aromatic rings. The largest absolute Gasteiger partial charge is 0.495 e. The van der Waals surface area contributed by atoms with Crippen LogP contribution in [-0.4, -0.2) is 208 Å². The van der Waals surface area contributed by atoms with Crippen LogP contribution in [-0.2, 0) is 65.4 Å². The van der Waals surface area contributed by atoms with Gasteiger partial charge in [-0.3, -0.25) is 34.2 Å². The number of halogens is 1. The zero-order valence-electron chi connectivity index (χ0n) is 53.5. The molecule has 4 N–H and O–H groups in total. The van der Waals surface area contributed by atoms with E-state index in [1.54, 1.807) is 38.1 Å². The zero-order valence-corrected chi connectivity index (χ0v) is 54.2. The Bertz CT molecular complexity index is 3230. The molecule has 2 saturated heterocycles. The van der Waals surface area contributed by atoms with Crippen molar-refractivity contribution < 1.29 is 90.9 Å². The van der Waals surface area contributed by atoms with Crippen molar-refractivity contribution >= 4 is 77.2 Å². The number of likely N-dealkylation sites (N-methyl/N-ethyl adjacent to an activating group) is 3. The van der Waals surface area contributed by atoms with E-state index in [2.05, 4.69) is 22.0 Å². The van der Waals surface area contributed by atoms with Crippen LogP contribution in [0.1, 0.15) is 101 Å². The second kappa shape index (κ2) is 31.7. The van der Waals surface area contributed by atoms with Crippen LogP contribution in [0.25, 0.3) is 0 Å². The summed E-state index contributed by atoms with van der Waals surface area (Å²) in [6.45, 7) is 5.69. The van der Waals surface area contributed by atoms with Crippen LogP contribution in [0.5, 0.6) is 11.5 Å².